The van der Waals surface area contributed by atoms with E-state index in [-0.39, 0.29) is 12.8 Å². The molecule has 0 saturated heterocycles. The van der Waals surface area contributed by atoms with Crippen molar-refractivity contribution < 1.29 is 29.0 Å². The first-order valence-electron chi connectivity index (χ1n) is 6.74. The Morgan fingerprint density at radius 1 is 1.00 bits per heavy atom. The van der Waals surface area contributed by atoms with E-state index in [9.17, 15) is 14.4 Å². The van der Waals surface area contributed by atoms with Crippen LogP contribution in [-0.4, -0.2) is 40.4 Å². The zero-order valence-corrected chi connectivity index (χ0v) is 13.5. The Morgan fingerprint density at radius 3 is 1.86 bits per heavy atom. The molecule has 0 rings (SSSR count). The van der Waals surface area contributed by atoms with Crippen LogP contribution in [0.3, 0.4) is 0 Å². The number of ether oxygens (including phenoxy) is 2. The lowest BCUT2D eigenvalue weighted by molar-refractivity contribution is -0.157. The highest BCUT2D eigenvalue weighted by Crippen LogP contribution is 2.12. The van der Waals surface area contributed by atoms with E-state index in [4.69, 9.17) is 14.6 Å². The molecule has 7 heteroatoms. The van der Waals surface area contributed by atoms with Gasteiger partial charge in [-0.25, -0.2) is 9.59 Å². The zero-order chi connectivity index (χ0) is 16.8. The number of hydrogen-bond donors (Lipinski definition) is 2. The number of carbonyl (C=O) groups is 3. The molecule has 1 unspecified atom stereocenters. The maximum Gasteiger partial charge on any atom is 0.408 e. The first-order valence-corrected chi connectivity index (χ1v) is 6.74. The standard InChI is InChI=1S/C14H25NO6/c1-13(2,3)20-11(18)9(7-8-10(16)17)15-12(19)21-14(4,5)6/h9H,7-8H2,1-6H3,(H,15,19)(H,16,17). The van der Waals surface area contributed by atoms with Crippen LogP contribution >= 0.6 is 0 Å². The lowest BCUT2D eigenvalue weighted by Crippen LogP contribution is -2.46. The van der Waals surface area contributed by atoms with Crippen molar-refractivity contribution in [3.05, 3.63) is 0 Å². The van der Waals surface area contributed by atoms with Gasteiger partial charge in [-0.2, -0.15) is 0 Å². The summed E-state index contributed by atoms with van der Waals surface area (Å²) in [7, 11) is 0. The second-order valence-electron chi connectivity index (χ2n) is 6.66. The van der Waals surface area contributed by atoms with E-state index >= 15 is 0 Å². The van der Waals surface area contributed by atoms with Gasteiger partial charge in [-0.15, -0.1) is 0 Å². The van der Waals surface area contributed by atoms with E-state index < -0.39 is 35.3 Å². The molecule has 0 radical (unpaired) electrons. The molecule has 1 amide bonds. The summed E-state index contributed by atoms with van der Waals surface area (Å²) in [4.78, 5) is 34.3. The molecule has 21 heavy (non-hydrogen) atoms. The summed E-state index contributed by atoms with van der Waals surface area (Å²) in [6.07, 6.45) is -1.12. The van der Waals surface area contributed by atoms with Gasteiger partial charge in [-0.3, -0.25) is 4.79 Å². The van der Waals surface area contributed by atoms with Gasteiger partial charge in [0.2, 0.25) is 0 Å². The average Bonchev–Trinajstić information content (AvgIpc) is 2.18. The lowest BCUT2D eigenvalue weighted by Gasteiger charge is -2.26. The van der Waals surface area contributed by atoms with Crippen LogP contribution in [0.25, 0.3) is 0 Å². The Balaban J connectivity index is 4.77. The molecule has 0 fully saturated rings. The quantitative estimate of drug-likeness (QED) is 0.754. The molecule has 0 aromatic carbocycles. The number of carboxylic acids is 1. The van der Waals surface area contributed by atoms with Crippen molar-refractivity contribution in [3.63, 3.8) is 0 Å². The van der Waals surface area contributed by atoms with Gasteiger partial charge in [-0.05, 0) is 48.0 Å². The molecular formula is C14H25NO6. The number of nitrogens with one attached hydrogen (secondary N) is 1. The first kappa shape index (κ1) is 19.2. The number of carbonyl (C=O) groups excluding carboxylic acids is 2. The van der Waals surface area contributed by atoms with E-state index in [0.717, 1.165) is 0 Å². The number of amides is 1. The highest BCUT2D eigenvalue weighted by Gasteiger charge is 2.28. The van der Waals surface area contributed by atoms with Gasteiger partial charge >= 0.3 is 18.0 Å². The van der Waals surface area contributed by atoms with Crippen molar-refractivity contribution in [2.24, 2.45) is 0 Å². The summed E-state index contributed by atoms with van der Waals surface area (Å²) in [6, 6.07) is -1.06. The van der Waals surface area contributed by atoms with Crippen LogP contribution in [-0.2, 0) is 19.1 Å². The van der Waals surface area contributed by atoms with Crippen molar-refractivity contribution in [1.82, 2.24) is 5.32 Å². The summed E-state index contributed by atoms with van der Waals surface area (Å²) in [5.41, 5.74) is -1.44. The molecule has 0 aromatic heterocycles. The van der Waals surface area contributed by atoms with Crippen molar-refractivity contribution in [3.8, 4) is 0 Å². The van der Waals surface area contributed by atoms with Crippen LogP contribution in [0.15, 0.2) is 0 Å². The van der Waals surface area contributed by atoms with Gasteiger partial charge in [0.25, 0.3) is 0 Å². The van der Waals surface area contributed by atoms with E-state index in [0.29, 0.717) is 0 Å². The normalized spacial score (nSPS) is 13.2. The zero-order valence-electron chi connectivity index (χ0n) is 13.5. The fourth-order valence-corrected chi connectivity index (χ4v) is 1.34. The van der Waals surface area contributed by atoms with Crippen LogP contribution in [0, 0.1) is 0 Å². The largest absolute Gasteiger partial charge is 0.481 e. The van der Waals surface area contributed by atoms with E-state index in [1.807, 2.05) is 0 Å². The summed E-state index contributed by atoms with van der Waals surface area (Å²) in [5, 5.41) is 11.1. The summed E-state index contributed by atoms with van der Waals surface area (Å²) in [5.74, 6) is -1.75. The van der Waals surface area contributed by atoms with Crippen molar-refractivity contribution >= 4 is 18.0 Å². The van der Waals surface area contributed by atoms with Crippen LogP contribution in [0.2, 0.25) is 0 Å². The molecule has 0 aromatic rings. The van der Waals surface area contributed by atoms with E-state index in [1.165, 1.54) is 0 Å². The Labute approximate surface area is 125 Å². The molecule has 7 nitrogen and oxygen atoms in total. The summed E-state index contributed by atoms with van der Waals surface area (Å²) >= 11 is 0. The van der Waals surface area contributed by atoms with Crippen molar-refractivity contribution in [2.45, 2.75) is 71.6 Å². The molecule has 1 atom stereocenters. The fraction of sp³-hybridized carbons (Fsp3) is 0.786. The second kappa shape index (κ2) is 7.28. The van der Waals surface area contributed by atoms with Gasteiger partial charge in [0.1, 0.15) is 17.2 Å². The van der Waals surface area contributed by atoms with Gasteiger partial charge in [-0.1, -0.05) is 0 Å². The molecular weight excluding hydrogens is 278 g/mol. The minimum absolute atomic E-state index is 0.0660. The smallest absolute Gasteiger partial charge is 0.408 e. The third kappa shape index (κ3) is 10.6. The predicted octanol–water partition coefficient (Wildman–Crippen LogP) is 2.09. The molecule has 0 saturated carbocycles. The Bertz CT molecular complexity index is 391. The van der Waals surface area contributed by atoms with Crippen molar-refractivity contribution in [2.75, 3.05) is 0 Å². The minimum atomic E-state index is -1.06. The molecule has 122 valence electrons. The predicted molar refractivity (Wildman–Crippen MR) is 75.9 cm³/mol. The summed E-state index contributed by atoms with van der Waals surface area (Å²) in [6.45, 7) is 10.1. The molecule has 0 aliphatic carbocycles. The number of hydrogen-bond acceptors (Lipinski definition) is 5. The molecule has 0 aliphatic rings. The maximum atomic E-state index is 12.0. The Hall–Kier alpha value is -1.79. The molecule has 0 spiro atoms. The first-order chi connectivity index (χ1) is 9.30. The monoisotopic (exact) mass is 303 g/mol. The Kier molecular flexibility index (Phi) is 6.66. The topological polar surface area (TPSA) is 102 Å². The van der Waals surface area contributed by atoms with Gasteiger partial charge in [0.15, 0.2) is 0 Å². The van der Waals surface area contributed by atoms with E-state index in [2.05, 4.69) is 5.32 Å². The minimum Gasteiger partial charge on any atom is -0.481 e. The fourth-order valence-electron chi connectivity index (χ4n) is 1.34. The van der Waals surface area contributed by atoms with Crippen molar-refractivity contribution in [1.29, 1.82) is 0 Å². The number of rotatable bonds is 5. The Morgan fingerprint density at radius 2 is 1.48 bits per heavy atom. The number of esters is 1. The van der Waals surface area contributed by atoms with Gasteiger partial charge in [0, 0.05) is 6.42 Å². The lowest BCUT2D eigenvalue weighted by atomic mass is 10.1. The third-order valence-corrected chi connectivity index (χ3v) is 2.03. The van der Waals surface area contributed by atoms with Gasteiger partial charge in [0.05, 0.1) is 0 Å². The number of carboxylic acid groups (broad SMARTS) is 1. The number of aliphatic carboxylic acids is 1. The highest BCUT2D eigenvalue weighted by molar-refractivity contribution is 5.82. The molecule has 0 aliphatic heterocycles. The van der Waals surface area contributed by atoms with Crippen LogP contribution in [0.1, 0.15) is 54.4 Å². The number of alkyl carbamates (subject to hydrolysis) is 1. The van der Waals surface area contributed by atoms with E-state index in [1.54, 1.807) is 41.5 Å². The average molecular weight is 303 g/mol. The van der Waals surface area contributed by atoms with Crippen LogP contribution in [0.5, 0.6) is 0 Å². The van der Waals surface area contributed by atoms with Gasteiger partial charge < -0.3 is 19.9 Å². The molecule has 2 N–H and O–H groups in total. The van der Waals surface area contributed by atoms with Crippen LogP contribution < -0.4 is 5.32 Å². The highest BCUT2D eigenvalue weighted by atomic mass is 16.6. The maximum absolute atomic E-state index is 12.0. The molecule has 0 bridgehead atoms. The molecule has 0 heterocycles. The third-order valence-electron chi connectivity index (χ3n) is 2.03. The SMILES string of the molecule is CC(C)(C)OC(=O)NC(CCC(=O)O)C(=O)OC(C)(C)C. The van der Waals surface area contributed by atoms with Crippen LogP contribution in [0.4, 0.5) is 4.79 Å². The summed E-state index contributed by atoms with van der Waals surface area (Å²) < 4.78 is 10.2. The second-order valence-corrected chi connectivity index (χ2v) is 6.66.